The summed E-state index contributed by atoms with van der Waals surface area (Å²) in [6.07, 6.45) is 59.8. The molecule has 0 spiro atoms. The van der Waals surface area contributed by atoms with Crippen molar-refractivity contribution in [1.29, 1.82) is 0 Å². The van der Waals surface area contributed by atoms with Crippen LogP contribution in [0.15, 0.2) is 60.8 Å². The Bertz CT molecular complexity index is 1510. The Labute approximate surface area is 484 Å². The summed E-state index contributed by atoms with van der Waals surface area (Å²) in [6.45, 7) is 5.75. The standard InChI is InChI=1S/C68H123NO10/c1-4-7-10-13-16-19-22-24-26-27-28-29-30-31-32-33-34-35-36-38-41-44-47-50-53-56-63(73)79-66-65(75)64(74)62(57-70)78-68(66)77-58-59(60(71)54-51-48-45-42-39-21-18-15-12-9-6-3)69-67(76)61(72)55-52-49-46-43-40-37-25-23-20-17-14-11-8-5-2/h16,19-20,23-24,26,28-29,51,54,59-62,64-66,68,70-72,74-75H,4-15,17-18,21-22,25,27,30-50,52-53,55-58H2,1-3H3,(H,69,76)/b19-16-,23-20-,26-24-,29-28-,54-51+. The number of unbranched alkanes of at least 4 members (excludes halogenated alkanes) is 34. The summed E-state index contributed by atoms with van der Waals surface area (Å²) in [5, 5.41) is 57.0. The average Bonchev–Trinajstić information content (AvgIpc) is 3.47. The van der Waals surface area contributed by atoms with Gasteiger partial charge in [-0.1, -0.05) is 261 Å². The van der Waals surface area contributed by atoms with Gasteiger partial charge in [0.15, 0.2) is 12.4 Å². The fourth-order valence-electron chi connectivity index (χ4n) is 10.1. The number of esters is 1. The number of aliphatic hydroxyl groups is 5. The quantitative estimate of drug-likeness (QED) is 0.0195. The van der Waals surface area contributed by atoms with Crippen LogP contribution in [0.3, 0.4) is 0 Å². The highest BCUT2D eigenvalue weighted by Gasteiger charge is 2.47. The third-order valence-electron chi connectivity index (χ3n) is 15.4. The molecule has 1 aliphatic heterocycles. The van der Waals surface area contributed by atoms with Crippen LogP contribution in [0.2, 0.25) is 0 Å². The molecule has 1 aliphatic rings. The largest absolute Gasteiger partial charge is 0.454 e. The third-order valence-corrected chi connectivity index (χ3v) is 15.4. The SMILES string of the molecule is CCCCC/C=C\C/C=C\C/C=C\CCCCCCCCCCCCCCC(=O)OC1C(OCC(NC(=O)C(O)CCCCCCCC/C=C\CCCCCC)C(O)/C=C/CCCCCCCCCCC)OC(CO)C(O)C1O. The van der Waals surface area contributed by atoms with Crippen LogP contribution in [0, 0.1) is 0 Å². The number of amides is 1. The minimum Gasteiger partial charge on any atom is -0.454 e. The number of aliphatic hydroxyl groups excluding tert-OH is 5. The van der Waals surface area contributed by atoms with E-state index in [1.807, 2.05) is 6.08 Å². The predicted molar refractivity (Wildman–Crippen MR) is 329 cm³/mol. The molecule has 0 aromatic rings. The van der Waals surface area contributed by atoms with Crippen LogP contribution in [0.1, 0.15) is 297 Å². The number of hydrogen-bond donors (Lipinski definition) is 6. The highest BCUT2D eigenvalue weighted by atomic mass is 16.7. The Morgan fingerprint density at radius 2 is 0.873 bits per heavy atom. The second-order valence-electron chi connectivity index (χ2n) is 22.8. The lowest BCUT2D eigenvalue weighted by molar-refractivity contribution is -0.305. The lowest BCUT2D eigenvalue weighted by atomic mass is 9.99. The van der Waals surface area contributed by atoms with Crippen LogP contribution in [0.25, 0.3) is 0 Å². The smallest absolute Gasteiger partial charge is 0.306 e. The Morgan fingerprint density at radius 1 is 0.494 bits per heavy atom. The zero-order valence-electron chi connectivity index (χ0n) is 51.0. The summed E-state index contributed by atoms with van der Waals surface area (Å²) < 4.78 is 17.6. The minimum atomic E-state index is -1.62. The molecule has 1 heterocycles. The molecule has 1 fully saturated rings. The van der Waals surface area contributed by atoms with Gasteiger partial charge in [0, 0.05) is 6.42 Å². The molecule has 11 heteroatoms. The van der Waals surface area contributed by atoms with E-state index in [4.69, 9.17) is 14.2 Å². The highest BCUT2D eigenvalue weighted by molar-refractivity contribution is 5.80. The normalized spacial score (nSPS) is 19.2. The van der Waals surface area contributed by atoms with Crippen LogP contribution in [0.4, 0.5) is 0 Å². The monoisotopic (exact) mass is 1110 g/mol. The predicted octanol–water partition coefficient (Wildman–Crippen LogP) is 16.2. The molecule has 460 valence electrons. The zero-order chi connectivity index (χ0) is 57.5. The van der Waals surface area contributed by atoms with E-state index >= 15 is 0 Å². The van der Waals surface area contributed by atoms with Crippen molar-refractivity contribution in [1.82, 2.24) is 5.32 Å². The van der Waals surface area contributed by atoms with Crippen LogP contribution in [-0.2, 0) is 23.8 Å². The van der Waals surface area contributed by atoms with Crippen molar-refractivity contribution >= 4 is 11.9 Å². The van der Waals surface area contributed by atoms with Crippen molar-refractivity contribution in [2.45, 2.75) is 346 Å². The van der Waals surface area contributed by atoms with Crippen molar-refractivity contribution in [3.8, 4) is 0 Å². The maximum Gasteiger partial charge on any atom is 0.306 e. The summed E-state index contributed by atoms with van der Waals surface area (Å²) in [5.41, 5.74) is 0. The number of nitrogens with one attached hydrogen (secondary N) is 1. The van der Waals surface area contributed by atoms with E-state index in [1.165, 1.54) is 167 Å². The molecule has 79 heavy (non-hydrogen) atoms. The number of allylic oxidation sites excluding steroid dienone is 9. The van der Waals surface area contributed by atoms with Crippen molar-refractivity contribution in [3.05, 3.63) is 60.8 Å². The maximum absolute atomic E-state index is 13.4. The van der Waals surface area contributed by atoms with Gasteiger partial charge in [-0.25, -0.2) is 0 Å². The molecule has 11 nitrogen and oxygen atoms in total. The summed E-state index contributed by atoms with van der Waals surface area (Å²) in [6, 6.07) is -1.03. The van der Waals surface area contributed by atoms with Gasteiger partial charge in [0.1, 0.15) is 24.4 Å². The first kappa shape index (κ1) is 74.4. The summed E-state index contributed by atoms with van der Waals surface area (Å²) in [4.78, 5) is 26.6. The molecule has 6 N–H and O–H groups in total. The Morgan fingerprint density at radius 3 is 1.35 bits per heavy atom. The fourth-order valence-corrected chi connectivity index (χ4v) is 10.1. The highest BCUT2D eigenvalue weighted by Crippen LogP contribution is 2.26. The molecule has 0 aromatic carbocycles. The Kier molecular flexibility index (Phi) is 52.6. The molecule has 0 aromatic heterocycles. The molecule has 1 saturated heterocycles. The molecular weight excluding hydrogens is 991 g/mol. The van der Waals surface area contributed by atoms with Gasteiger partial charge in [0.2, 0.25) is 5.91 Å². The van der Waals surface area contributed by atoms with E-state index < -0.39 is 67.4 Å². The van der Waals surface area contributed by atoms with E-state index in [2.05, 4.69) is 74.7 Å². The van der Waals surface area contributed by atoms with E-state index in [9.17, 15) is 35.1 Å². The van der Waals surface area contributed by atoms with Crippen molar-refractivity contribution in [3.63, 3.8) is 0 Å². The first-order valence-electron chi connectivity index (χ1n) is 33.1. The van der Waals surface area contributed by atoms with Gasteiger partial charge in [-0.05, 0) is 89.9 Å². The first-order valence-corrected chi connectivity index (χ1v) is 33.1. The molecule has 0 bridgehead atoms. The maximum atomic E-state index is 13.4. The van der Waals surface area contributed by atoms with Crippen molar-refractivity contribution in [2.75, 3.05) is 13.2 Å². The molecule has 1 amide bonds. The average molecular weight is 1110 g/mol. The van der Waals surface area contributed by atoms with Crippen molar-refractivity contribution in [2.24, 2.45) is 0 Å². The van der Waals surface area contributed by atoms with Crippen LogP contribution in [0.5, 0.6) is 0 Å². The second-order valence-corrected chi connectivity index (χ2v) is 22.8. The van der Waals surface area contributed by atoms with Gasteiger partial charge >= 0.3 is 5.97 Å². The van der Waals surface area contributed by atoms with E-state index in [-0.39, 0.29) is 19.4 Å². The number of carbonyl (C=O) groups is 2. The van der Waals surface area contributed by atoms with Gasteiger partial charge in [0.05, 0.1) is 25.4 Å². The van der Waals surface area contributed by atoms with Crippen molar-refractivity contribution < 1.29 is 49.3 Å². The van der Waals surface area contributed by atoms with E-state index in [1.54, 1.807) is 6.08 Å². The summed E-state index contributed by atoms with van der Waals surface area (Å²) in [7, 11) is 0. The second kappa shape index (κ2) is 55.9. The molecule has 1 rings (SSSR count). The van der Waals surface area contributed by atoms with Crippen LogP contribution >= 0.6 is 0 Å². The molecule has 0 radical (unpaired) electrons. The van der Waals surface area contributed by atoms with Gasteiger partial charge in [-0.2, -0.15) is 0 Å². The minimum absolute atomic E-state index is 0.120. The van der Waals surface area contributed by atoms with Gasteiger partial charge in [-0.15, -0.1) is 0 Å². The Hall–Kier alpha value is -2.64. The lowest BCUT2D eigenvalue weighted by Gasteiger charge is -2.41. The van der Waals surface area contributed by atoms with Gasteiger partial charge < -0.3 is 45.1 Å². The number of rotatable bonds is 56. The molecule has 8 atom stereocenters. The van der Waals surface area contributed by atoms with Crippen LogP contribution in [-0.4, -0.2) is 99.6 Å². The molecule has 8 unspecified atom stereocenters. The molecule has 0 saturated carbocycles. The fraction of sp³-hybridized carbons (Fsp3) is 0.824. The lowest BCUT2D eigenvalue weighted by Crippen LogP contribution is -2.61. The Balaban J connectivity index is 2.57. The van der Waals surface area contributed by atoms with E-state index in [0.29, 0.717) is 12.8 Å². The van der Waals surface area contributed by atoms with Crippen LogP contribution < -0.4 is 5.32 Å². The molecule has 0 aliphatic carbocycles. The molecular formula is C68H123NO10. The summed E-state index contributed by atoms with van der Waals surface area (Å²) >= 11 is 0. The van der Waals surface area contributed by atoms with E-state index in [0.717, 1.165) is 83.5 Å². The van der Waals surface area contributed by atoms with Gasteiger partial charge in [-0.3, -0.25) is 9.59 Å². The number of hydrogen-bond acceptors (Lipinski definition) is 10. The third kappa shape index (κ3) is 43.7. The summed E-state index contributed by atoms with van der Waals surface area (Å²) in [5.74, 6) is -1.20. The van der Waals surface area contributed by atoms with Gasteiger partial charge in [0.25, 0.3) is 0 Å². The number of carbonyl (C=O) groups excluding carboxylic acids is 2. The topological polar surface area (TPSA) is 175 Å². The zero-order valence-corrected chi connectivity index (χ0v) is 51.0. The first-order chi connectivity index (χ1) is 38.7. The number of ether oxygens (including phenoxy) is 3.